The van der Waals surface area contributed by atoms with Gasteiger partial charge in [-0.3, -0.25) is 9.59 Å². The van der Waals surface area contributed by atoms with Crippen molar-refractivity contribution in [2.75, 3.05) is 23.9 Å². The first-order chi connectivity index (χ1) is 15.5. The van der Waals surface area contributed by atoms with Crippen LogP contribution < -0.4 is 19.7 Å². The van der Waals surface area contributed by atoms with Crippen LogP contribution in [0.5, 0.6) is 11.5 Å². The van der Waals surface area contributed by atoms with Crippen molar-refractivity contribution in [3.8, 4) is 11.5 Å². The molecule has 32 heavy (non-hydrogen) atoms. The summed E-state index contributed by atoms with van der Waals surface area (Å²) in [4.78, 5) is 27.3. The summed E-state index contributed by atoms with van der Waals surface area (Å²) in [5.41, 5.74) is 2.99. The van der Waals surface area contributed by atoms with E-state index < -0.39 is 6.10 Å². The fraction of sp³-hybridized carbons (Fsp3) is 0.231. The van der Waals surface area contributed by atoms with Crippen LogP contribution in [-0.4, -0.2) is 31.6 Å². The molecule has 3 aromatic rings. The molecule has 0 radical (unpaired) electrons. The average Bonchev–Trinajstić information content (AvgIpc) is 2.82. The van der Waals surface area contributed by atoms with E-state index in [1.165, 1.54) is 5.56 Å². The predicted octanol–water partition coefficient (Wildman–Crippen LogP) is 4.69. The summed E-state index contributed by atoms with van der Waals surface area (Å²) >= 11 is 0. The Morgan fingerprint density at radius 2 is 1.88 bits per heavy atom. The highest BCUT2D eigenvalue weighted by Gasteiger charge is 2.31. The van der Waals surface area contributed by atoms with E-state index in [-0.39, 0.29) is 11.8 Å². The molecule has 6 nitrogen and oxygen atoms in total. The zero-order chi connectivity index (χ0) is 22.5. The second kappa shape index (κ2) is 9.56. The van der Waals surface area contributed by atoms with Crippen LogP contribution in [-0.2, 0) is 11.2 Å². The first kappa shape index (κ1) is 21.4. The minimum atomic E-state index is -0.545. The summed E-state index contributed by atoms with van der Waals surface area (Å²) in [7, 11) is 1.56. The lowest BCUT2D eigenvalue weighted by molar-refractivity contribution is -0.125. The molecule has 0 saturated heterocycles. The molecule has 4 rings (SSSR count). The molecule has 3 aromatic carbocycles. The summed E-state index contributed by atoms with van der Waals surface area (Å²) < 4.78 is 11.0. The number of aryl methyl sites for hydroxylation is 1. The topological polar surface area (TPSA) is 67.9 Å². The van der Waals surface area contributed by atoms with E-state index in [2.05, 4.69) is 17.4 Å². The molecule has 0 saturated carbocycles. The second-order valence-corrected chi connectivity index (χ2v) is 7.71. The summed E-state index contributed by atoms with van der Waals surface area (Å²) in [6.07, 6.45) is 1.15. The summed E-state index contributed by atoms with van der Waals surface area (Å²) in [6, 6.07) is 22.5. The van der Waals surface area contributed by atoms with Crippen LogP contribution in [0.2, 0.25) is 0 Å². The number of nitrogens with one attached hydrogen (secondary N) is 1. The van der Waals surface area contributed by atoms with Gasteiger partial charge in [-0.2, -0.15) is 0 Å². The highest BCUT2D eigenvalue weighted by molar-refractivity contribution is 6.06. The van der Waals surface area contributed by atoms with Crippen molar-refractivity contribution < 1.29 is 19.1 Å². The van der Waals surface area contributed by atoms with Crippen molar-refractivity contribution in [3.05, 3.63) is 83.9 Å². The van der Waals surface area contributed by atoms with Crippen LogP contribution in [0, 0.1) is 0 Å². The molecular formula is C26H26N2O4. The summed E-state index contributed by atoms with van der Waals surface area (Å²) in [5.74, 6) is 0.912. The van der Waals surface area contributed by atoms with Crippen molar-refractivity contribution in [3.63, 3.8) is 0 Å². The van der Waals surface area contributed by atoms with Crippen molar-refractivity contribution >= 4 is 23.2 Å². The molecule has 1 N–H and O–H groups in total. The minimum absolute atomic E-state index is 0.0816. The molecule has 0 bridgehead atoms. The number of hydrogen-bond acceptors (Lipinski definition) is 4. The maximum Gasteiger partial charge on any atom is 0.267 e. The Morgan fingerprint density at radius 1 is 1.06 bits per heavy atom. The average molecular weight is 431 g/mol. The molecule has 2 amide bonds. The predicted molar refractivity (Wildman–Crippen MR) is 125 cm³/mol. The number of carbonyl (C=O) groups is 2. The van der Waals surface area contributed by atoms with Crippen LogP contribution in [0.4, 0.5) is 11.4 Å². The van der Waals surface area contributed by atoms with Gasteiger partial charge in [0.25, 0.3) is 11.8 Å². The number of methoxy groups -OCH3 is 1. The molecule has 0 aliphatic carbocycles. The second-order valence-electron chi connectivity index (χ2n) is 7.71. The van der Waals surface area contributed by atoms with Crippen molar-refractivity contribution in [1.29, 1.82) is 0 Å². The van der Waals surface area contributed by atoms with Gasteiger partial charge in [0.1, 0.15) is 11.5 Å². The maximum absolute atomic E-state index is 12.9. The first-order valence-electron chi connectivity index (χ1n) is 10.7. The van der Waals surface area contributed by atoms with Crippen molar-refractivity contribution in [2.45, 2.75) is 25.9 Å². The van der Waals surface area contributed by atoms with E-state index >= 15 is 0 Å². The Kier molecular flexibility index (Phi) is 6.40. The summed E-state index contributed by atoms with van der Waals surface area (Å²) in [5, 5.41) is 2.90. The Bertz CT molecular complexity index is 1110. The lowest BCUT2D eigenvalue weighted by Crippen LogP contribution is -2.45. The van der Waals surface area contributed by atoms with Crippen LogP contribution >= 0.6 is 0 Å². The number of hydrogen-bond donors (Lipinski definition) is 1. The SMILES string of the molecule is COc1cccc(C(=O)Nc2ccc3c(c2)N(CCCc2ccccc2)C(=O)C(C)O3)c1. The zero-order valence-electron chi connectivity index (χ0n) is 18.2. The monoisotopic (exact) mass is 430 g/mol. The van der Waals surface area contributed by atoms with Crippen LogP contribution in [0.1, 0.15) is 29.3 Å². The highest BCUT2D eigenvalue weighted by Crippen LogP contribution is 2.36. The van der Waals surface area contributed by atoms with Gasteiger partial charge >= 0.3 is 0 Å². The van der Waals surface area contributed by atoms with E-state index in [9.17, 15) is 9.59 Å². The fourth-order valence-electron chi connectivity index (χ4n) is 3.77. The molecule has 6 heteroatoms. The van der Waals surface area contributed by atoms with Crippen molar-refractivity contribution in [1.82, 2.24) is 0 Å². The van der Waals surface area contributed by atoms with E-state index in [1.54, 1.807) is 61.4 Å². The number of benzene rings is 3. The number of nitrogens with zero attached hydrogens (tertiary/aromatic N) is 1. The Labute approximate surface area is 187 Å². The third-order valence-electron chi connectivity index (χ3n) is 5.45. The molecule has 164 valence electrons. The van der Waals surface area contributed by atoms with E-state index in [0.29, 0.717) is 35.0 Å². The number of rotatable bonds is 7. The van der Waals surface area contributed by atoms with Gasteiger partial charge in [-0.1, -0.05) is 36.4 Å². The Hall–Kier alpha value is -3.80. The molecule has 0 aromatic heterocycles. The highest BCUT2D eigenvalue weighted by atomic mass is 16.5. The fourth-order valence-corrected chi connectivity index (χ4v) is 3.77. The van der Waals surface area contributed by atoms with Gasteiger partial charge in [0.05, 0.1) is 12.8 Å². The van der Waals surface area contributed by atoms with Gasteiger partial charge in [-0.15, -0.1) is 0 Å². The van der Waals surface area contributed by atoms with Gasteiger partial charge < -0.3 is 19.7 Å². The molecule has 1 heterocycles. The third-order valence-corrected chi connectivity index (χ3v) is 5.45. The van der Waals surface area contributed by atoms with E-state index in [1.807, 2.05) is 18.2 Å². The van der Waals surface area contributed by atoms with Gasteiger partial charge in [0.15, 0.2) is 6.10 Å². The third kappa shape index (κ3) is 4.75. The molecule has 1 unspecified atom stereocenters. The van der Waals surface area contributed by atoms with Crippen molar-refractivity contribution in [2.24, 2.45) is 0 Å². The lowest BCUT2D eigenvalue weighted by atomic mass is 10.1. The molecule has 1 aliphatic heterocycles. The quantitative estimate of drug-likeness (QED) is 0.590. The zero-order valence-corrected chi connectivity index (χ0v) is 18.2. The standard InChI is InChI=1S/C26H26N2O4/c1-18-26(30)28(15-7-10-19-8-4-3-5-9-19)23-17-21(13-14-24(23)32-18)27-25(29)20-11-6-12-22(16-20)31-2/h3-6,8-9,11-14,16-18H,7,10,15H2,1-2H3,(H,27,29). The van der Waals surface area contributed by atoms with Crippen LogP contribution in [0.15, 0.2) is 72.8 Å². The van der Waals surface area contributed by atoms with Gasteiger partial charge in [0.2, 0.25) is 0 Å². The van der Waals surface area contributed by atoms with Gasteiger partial charge in [-0.25, -0.2) is 0 Å². The number of amides is 2. The van der Waals surface area contributed by atoms with Crippen LogP contribution in [0.3, 0.4) is 0 Å². The number of carbonyl (C=O) groups excluding carboxylic acids is 2. The molecule has 0 fully saturated rings. The Balaban J connectivity index is 1.51. The number of anilines is 2. The van der Waals surface area contributed by atoms with E-state index in [0.717, 1.165) is 12.8 Å². The van der Waals surface area contributed by atoms with Gasteiger partial charge in [0, 0.05) is 17.8 Å². The lowest BCUT2D eigenvalue weighted by Gasteiger charge is -2.33. The normalized spacial score (nSPS) is 15.0. The molecular weight excluding hydrogens is 404 g/mol. The summed E-state index contributed by atoms with van der Waals surface area (Å²) in [6.45, 7) is 2.33. The minimum Gasteiger partial charge on any atom is -0.497 e. The Morgan fingerprint density at radius 3 is 2.66 bits per heavy atom. The number of ether oxygens (including phenoxy) is 2. The number of fused-ring (bicyclic) bond motifs is 1. The molecule has 1 atom stereocenters. The largest absolute Gasteiger partial charge is 0.497 e. The first-order valence-corrected chi connectivity index (χ1v) is 10.7. The van der Waals surface area contributed by atoms with E-state index in [4.69, 9.17) is 9.47 Å². The molecule has 0 spiro atoms. The molecule has 1 aliphatic rings. The van der Waals surface area contributed by atoms with Crippen LogP contribution in [0.25, 0.3) is 0 Å². The smallest absolute Gasteiger partial charge is 0.267 e. The maximum atomic E-state index is 12.9. The van der Waals surface area contributed by atoms with Gasteiger partial charge in [-0.05, 0) is 61.7 Å².